The summed E-state index contributed by atoms with van der Waals surface area (Å²) in [6, 6.07) is 9.83. The summed E-state index contributed by atoms with van der Waals surface area (Å²) in [4.78, 5) is 17.2. The standard InChI is InChI=1S/C20H21ClN4O/c1-14-17(18-22-11-4-12-25(18)24-14)19(26)23-13-20(9-2-3-10-20)15-5-7-16(21)8-6-15/h4-8,11-12H,2-3,9-10,13H2,1H3,(H,23,26). The number of carbonyl (C=O) groups is 1. The highest BCUT2D eigenvalue weighted by Gasteiger charge is 2.36. The minimum absolute atomic E-state index is 0.0233. The van der Waals surface area contributed by atoms with Crippen molar-refractivity contribution in [2.45, 2.75) is 38.0 Å². The van der Waals surface area contributed by atoms with Crippen LogP contribution in [0.3, 0.4) is 0 Å². The first-order chi connectivity index (χ1) is 12.6. The molecule has 0 atom stereocenters. The fourth-order valence-corrected chi connectivity index (χ4v) is 4.15. The molecule has 0 spiro atoms. The van der Waals surface area contributed by atoms with E-state index in [1.54, 1.807) is 23.0 Å². The molecule has 1 amide bonds. The van der Waals surface area contributed by atoms with E-state index in [1.165, 1.54) is 18.4 Å². The van der Waals surface area contributed by atoms with Crippen LogP contribution in [0, 0.1) is 6.92 Å². The van der Waals surface area contributed by atoms with Gasteiger partial charge in [0.25, 0.3) is 5.91 Å². The molecule has 2 aromatic heterocycles. The zero-order valence-electron chi connectivity index (χ0n) is 14.7. The Morgan fingerprint density at radius 3 is 2.73 bits per heavy atom. The third-order valence-electron chi connectivity index (χ3n) is 5.40. The number of hydrogen-bond acceptors (Lipinski definition) is 3. The van der Waals surface area contributed by atoms with E-state index in [0.717, 1.165) is 17.9 Å². The Bertz CT molecular complexity index is 942. The van der Waals surface area contributed by atoms with E-state index in [1.807, 2.05) is 19.1 Å². The lowest BCUT2D eigenvalue weighted by Crippen LogP contribution is -2.39. The summed E-state index contributed by atoms with van der Waals surface area (Å²) < 4.78 is 1.65. The molecule has 0 radical (unpaired) electrons. The summed E-state index contributed by atoms with van der Waals surface area (Å²) in [6.07, 6.45) is 7.98. The molecule has 0 unspecified atom stereocenters. The number of nitrogens with one attached hydrogen (secondary N) is 1. The molecule has 1 aromatic carbocycles. The van der Waals surface area contributed by atoms with Gasteiger partial charge in [-0.05, 0) is 43.5 Å². The van der Waals surface area contributed by atoms with Gasteiger partial charge < -0.3 is 5.32 Å². The van der Waals surface area contributed by atoms with E-state index >= 15 is 0 Å². The van der Waals surface area contributed by atoms with Gasteiger partial charge in [-0.25, -0.2) is 9.50 Å². The van der Waals surface area contributed by atoms with Crippen molar-refractivity contribution < 1.29 is 4.79 Å². The monoisotopic (exact) mass is 368 g/mol. The lowest BCUT2D eigenvalue weighted by atomic mass is 9.79. The van der Waals surface area contributed by atoms with Crippen molar-refractivity contribution in [1.29, 1.82) is 0 Å². The molecular formula is C20H21ClN4O. The normalized spacial score (nSPS) is 16.1. The highest BCUT2D eigenvalue weighted by atomic mass is 35.5. The fourth-order valence-electron chi connectivity index (χ4n) is 4.02. The molecule has 1 fully saturated rings. The number of amides is 1. The minimum Gasteiger partial charge on any atom is -0.351 e. The van der Waals surface area contributed by atoms with Crippen LogP contribution in [-0.2, 0) is 5.41 Å². The van der Waals surface area contributed by atoms with Crippen LogP contribution in [0.25, 0.3) is 5.65 Å². The fraction of sp³-hybridized carbons (Fsp3) is 0.350. The first-order valence-electron chi connectivity index (χ1n) is 8.93. The Morgan fingerprint density at radius 1 is 1.27 bits per heavy atom. The summed E-state index contributed by atoms with van der Waals surface area (Å²) >= 11 is 6.05. The predicted octanol–water partition coefficient (Wildman–Crippen LogP) is 3.93. The average Bonchev–Trinajstić information content (AvgIpc) is 3.25. The van der Waals surface area contributed by atoms with Crippen molar-refractivity contribution in [2.75, 3.05) is 6.54 Å². The Kier molecular flexibility index (Phi) is 4.41. The Balaban J connectivity index is 1.59. The Hall–Kier alpha value is -2.40. The van der Waals surface area contributed by atoms with Gasteiger partial charge in [-0.3, -0.25) is 4.79 Å². The van der Waals surface area contributed by atoms with Crippen LogP contribution < -0.4 is 5.32 Å². The van der Waals surface area contributed by atoms with Gasteiger partial charge in [0.2, 0.25) is 0 Å². The highest BCUT2D eigenvalue weighted by Crippen LogP contribution is 2.41. The molecule has 1 saturated carbocycles. The maximum Gasteiger partial charge on any atom is 0.257 e. The smallest absolute Gasteiger partial charge is 0.257 e. The highest BCUT2D eigenvalue weighted by molar-refractivity contribution is 6.30. The first-order valence-corrected chi connectivity index (χ1v) is 9.31. The van der Waals surface area contributed by atoms with Crippen LogP contribution >= 0.6 is 11.6 Å². The molecule has 2 heterocycles. The van der Waals surface area contributed by atoms with E-state index in [4.69, 9.17) is 11.6 Å². The molecule has 0 aliphatic heterocycles. The number of nitrogens with zero attached hydrogens (tertiary/aromatic N) is 3. The summed E-state index contributed by atoms with van der Waals surface area (Å²) in [5, 5.41) is 8.26. The van der Waals surface area contributed by atoms with Crippen molar-refractivity contribution in [3.63, 3.8) is 0 Å². The second-order valence-electron chi connectivity index (χ2n) is 7.03. The summed E-state index contributed by atoms with van der Waals surface area (Å²) in [5.41, 5.74) is 3.05. The number of aromatic nitrogens is 3. The zero-order valence-corrected chi connectivity index (χ0v) is 15.5. The lowest BCUT2D eigenvalue weighted by molar-refractivity contribution is 0.0944. The van der Waals surface area contributed by atoms with Crippen molar-refractivity contribution >= 4 is 23.2 Å². The molecule has 1 aliphatic carbocycles. The van der Waals surface area contributed by atoms with Crippen LogP contribution in [0.2, 0.25) is 5.02 Å². The number of fused-ring (bicyclic) bond motifs is 1. The molecule has 4 rings (SSSR count). The van der Waals surface area contributed by atoms with Gasteiger partial charge >= 0.3 is 0 Å². The predicted molar refractivity (Wildman–Crippen MR) is 102 cm³/mol. The molecule has 6 heteroatoms. The molecule has 0 saturated heterocycles. The lowest BCUT2D eigenvalue weighted by Gasteiger charge is -2.30. The molecule has 26 heavy (non-hydrogen) atoms. The SMILES string of the molecule is Cc1nn2cccnc2c1C(=O)NCC1(c2ccc(Cl)cc2)CCCC1. The van der Waals surface area contributed by atoms with Crippen molar-refractivity contribution in [3.05, 3.63) is 64.6 Å². The van der Waals surface area contributed by atoms with E-state index < -0.39 is 0 Å². The van der Waals surface area contributed by atoms with Crippen LogP contribution in [0.4, 0.5) is 0 Å². The quantitative estimate of drug-likeness (QED) is 0.759. The van der Waals surface area contributed by atoms with Gasteiger partial charge in [-0.15, -0.1) is 0 Å². The van der Waals surface area contributed by atoms with Gasteiger partial charge in [0.05, 0.1) is 5.69 Å². The molecular weight excluding hydrogens is 348 g/mol. The zero-order chi connectivity index (χ0) is 18.1. The molecule has 1 aliphatic rings. The molecule has 1 N–H and O–H groups in total. The Labute approximate surface area is 157 Å². The first kappa shape index (κ1) is 17.0. The Morgan fingerprint density at radius 2 is 2.00 bits per heavy atom. The van der Waals surface area contributed by atoms with Gasteiger partial charge in [0, 0.05) is 29.4 Å². The number of halogens is 1. The maximum absolute atomic E-state index is 12.9. The second-order valence-corrected chi connectivity index (χ2v) is 7.46. The topological polar surface area (TPSA) is 59.3 Å². The molecule has 5 nitrogen and oxygen atoms in total. The number of carbonyl (C=O) groups excluding carboxylic acids is 1. The summed E-state index contributed by atoms with van der Waals surface area (Å²) in [6.45, 7) is 2.45. The summed E-state index contributed by atoms with van der Waals surface area (Å²) in [5.74, 6) is -0.114. The third kappa shape index (κ3) is 2.97. The van der Waals surface area contributed by atoms with E-state index in [9.17, 15) is 4.79 Å². The average molecular weight is 369 g/mol. The molecule has 134 valence electrons. The third-order valence-corrected chi connectivity index (χ3v) is 5.65. The number of benzene rings is 1. The summed E-state index contributed by atoms with van der Waals surface area (Å²) in [7, 11) is 0. The number of rotatable bonds is 4. The van der Waals surface area contributed by atoms with Gasteiger partial charge in [-0.2, -0.15) is 5.10 Å². The van der Waals surface area contributed by atoms with E-state index in [-0.39, 0.29) is 11.3 Å². The number of aryl methyl sites for hydroxylation is 1. The van der Waals surface area contributed by atoms with Gasteiger partial charge in [0.1, 0.15) is 5.56 Å². The second kappa shape index (κ2) is 6.72. The van der Waals surface area contributed by atoms with Crippen molar-refractivity contribution in [3.8, 4) is 0 Å². The van der Waals surface area contributed by atoms with Crippen LogP contribution in [0.1, 0.15) is 47.3 Å². The number of hydrogen-bond donors (Lipinski definition) is 1. The van der Waals surface area contributed by atoms with Gasteiger partial charge in [-0.1, -0.05) is 36.6 Å². The van der Waals surface area contributed by atoms with Crippen LogP contribution in [-0.4, -0.2) is 27.0 Å². The van der Waals surface area contributed by atoms with Crippen LogP contribution in [0.5, 0.6) is 0 Å². The van der Waals surface area contributed by atoms with E-state index in [2.05, 4.69) is 27.5 Å². The van der Waals surface area contributed by atoms with Gasteiger partial charge in [0.15, 0.2) is 5.65 Å². The maximum atomic E-state index is 12.9. The minimum atomic E-state index is -0.114. The van der Waals surface area contributed by atoms with Crippen molar-refractivity contribution in [2.24, 2.45) is 0 Å². The molecule has 3 aromatic rings. The van der Waals surface area contributed by atoms with Crippen molar-refractivity contribution in [1.82, 2.24) is 19.9 Å². The van der Waals surface area contributed by atoms with Crippen LogP contribution in [0.15, 0.2) is 42.7 Å². The molecule has 0 bridgehead atoms. The largest absolute Gasteiger partial charge is 0.351 e. The van der Waals surface area contributed by atoms with E-state index in [0.29, 0.717) is 23.4 Å².